The lowest BCUT2D eigenvalue weighted by molar-refractivity contribution is -0.149. The van der Waals surface area contributed by atoms with Crippen molar-refractivity contribution < 1.29 is 24.2 Å². The normalized spacial score (nSPS) is 22.6. The first-order valence-electron chi connectivity index (χ1n) is 6.88. The van der Waals surface area contributed by atoms with Crippen LogP contribution in [0.15, 0.2) is 0 Å². The van der Waals surface area contributed by atoms with Gasteiger partial charge in [-0.1, -0.05) is 0 Å². The van der Waals surface area contributed by atoms with Crippen LogP contribution in [0.25, 0.3) is 0 Å². The molecule has 1 heterocycles. The van der Waals surface area contributed by atoms with Gasteiger partial charge in [0.25, 0.3) is 0 Å². The van der Waals surface area contributed by atoms with Crippen LogP contribution in [-0.4, -0.2) is 54.6 Å². The molecule has 20 heavy (non-hydrogen) atoms. The zero-order valence-corrected chi connectivity index (χ0v) is 12.3. The molecule has 116 valence electrons. The highest BCUT2D eigenvalue weighted by Gasteiger charge is 2.30. The maximum Gasteiger partial charge on any atom is 0.332 e. The van der Waals surface area contributed by atoms with Gasteiger partial charge in [-0.25, -0.2) is 9.59 Å². The molecule has 0 aliphatic carbocycles. The number of hydrogen-bond donors (Lipinski definition) is 3. The molecule has 1 aliphatic heterocycles. The molecule has 0 bridgehead atoms. The number of aliphatic carboxylic acids is 1. The van der Waals surface area contributed by atoms with E-state index in [1.54, 1.807) is 0 Å². The Morgan fingerprint density at radius 3 is 2.60 bits per heavy atom. The summed E-state index contributed by atoms with van der Waals surface area (Å²) in [6, 6.07) is -0.305. The lowest BCUT2D eigenvalue weighted by Crippen LogP contribution is -2.46. The summed E-state index contributed by atoms with van der Waals surface area (Å²) >= 11 is 0. The fraction of sp³-hybridized carbons (Fsp3) is 0.846. The number of hydrogen-bond acceptors (Lipinski definition) is 4. The second-order valence-corrected chi connectivity index (χ2v) is 5.42. The number of ether oxygens (including phenoxy) is 2. The lowest BCUT2D eigenvalue weighted by Gasteiger charge is -2.25. The Morgan fingerprint density at radius 1 is 1.35 bits per heavy atom. The third-order valence-corrected chi connectivity index (χ3v) is 3.08. The summed E-state index contributed by atoms with van der Waals surface area (Å²) in [7, 11) is 0. The second kappa shape index (κ2) is 7.44. The van der Waals surface area contributed by atoms with Crippen molar-refractivity contribution >= 4 is 12.0 Å². The predicted octanol–water partition coefficient (Wildman–Crippen LogP) is 0.733. The van der Waals surface area contributed by atoms with E-state index in [0.29, 0.717) is 32.5 Å². The molecule has 0 aromatic carbocycles. The first-order chi connectivity index (χ1) is 9.34. The molecule has 1 rings (SSSR count). The minimum absolute atomic E-state index is 0.234. The van der Waals surface area contributed by atoms with Gasteiger partial charge in [-0.3, -0.25) is 0 Å². The van der Waals surface area contributed by atoms with Gasteiger partial charge in [0.15, 0.2) is 6.10 Å². The fourth-order valence-electron chi connectivity index (χ4n) is 2.04. The highest BCUT2D eigenvalue weighted by molar-refractivity contribution is 5.74. The van der Waals surface area contributed by atoms with Crippen molar-refractivity contribution in [3.05, 3.63) is 0 Å². The van der Waals surface area contributed by atoms with Gasteiger partial charge in [0.1, 0.15) is 0 Å². The van der Waals surface area contributed by atoms with Gasteiger partial charge in [-0.05, 0) is 33.6 Å². The van der Waals surface area contributed by atoms with E-state index in [-0.39, 0.29) is 12.1 Å². The number of carboxylic acid groups (broad SMARTS) is 1. The van der Waals surface area contributed by atoms with Crippen molar-refractivity contribution in [2.24, 2.45) is 0 Å². The number of rotatable bonds is 7. The number of carbonyl (C=O) groups is 2. The maximum absolute atomic E-state index is 11.6. The molecule has 0 spiro atoms. The summed E-state index contributed by atoms with van der Waals surface area (Å²) in [5, 5.41) is 14.2. The highest BCUT2D eigenvalue weighted by Crippen LogP contribution is 2.19. The molecule has 1 fully saturated rings. The Hall–Kier alpha value is -1.34. The molecule has 0 radical (unpaired) electrons. The van der Waals surface area contributed by atoms with Gasteiger partial charge >= 0.3 is 12.0 Å². The SMILES string of the molecule is CCOC(C)(C)CNC(=O)NCC1CCC(C(=O)O)O1. The summed E-state index contributed by atoms with van der Waals surface area (Å²) in [4.78, 5) is 22.3. The summed E-state index contributed by atoms with van der Waals surface area (Å²) in [6.45, 7) is 6.99. The van der Waals surface area contributed by atoms with E-state index < -0.39 is 17.7 Å². The van der Waals surface area contributed by atoms with Crippen molar-refractivity contribution in [3.8, 4) is 0 Å². The smallest absolute Gasteiger partial charge is 0.332 e. The quantitative estimate of drug-likeness (QED) is 0.642. The number of nitrogens with one attached hydrogen (secondary N) is 2. The van der Waals surface area contributed by atoms with Crippen LogP contribution in [0, 0.1) is 0 Å². The molecule has 0 aromatic heterocycles. The van der Waals surface area contributed by atoms with Gasteiger partial charge in [0, 0.05) is 19.7 Å². The van der Waals surface area contributed by atoms with Gasteiger partial charge in [0.2, 0.25) is 0 Å². The molecule has 7 nitrogen and oxygen atoms in total. The zero-order valence-electron chi connectivity index (χ0n) is 12.3. The molecule has 2 atom stereocenters. The number of amides is 2. The standard InChI is InChI=1S/C13H24N2O5/c1-4-19-13(2,3)8-15-12(18)14-7-9-5-6-10(20-9)11(16)17/h9-10H,4-8H2,1-3H3,(H,16,17)(H2,14,15,18). The van der Waals surface area contributed by atoms with Gasteiger partial charge < -0.3 is 25.2 Å². The van der Waals surface area contributed by atoms with Crippen LogP contribution in [0.5, 0.6) is 0 Å². The maximum atomic E-state index is 11.6. The summed E-state index contributed by atoms with van der Waals surface area (Å²) in [6.07, 6.45) is 0.144. The lowest BCUT2D eigenvalue weighted by atomic mass is 10.1. The van der Waals surface area contributed by atoms with E-state index in [9.17, 15) is 9.59 Å². The first-order valence-corrected chi connectivity index (χ1v) is 6.88. The van der Waals surface area contributed by atoms with E-state index in [2.05, 4.69) is 10.6 Å². The molecule has 1 aliphatic rings. The number of carbonyl (C=O) groups excluding carboxylic acids is 1. The highest BCUT2D eigenvalue weighted by atomic mass is 16.5. The average molecular weight is 288 g/mol. The Balaban J connectivity index is 2.19. The van der Waals surface area contributed by atoms with Crippen molar-refractivity contribution in [1.82, 2.24) is 10.6 Å². The first kappa shape index (κ1) is 16.7. The third kappa shape index (κ3) is 5.75. The van der Waals surface area contributed by atoms with Crippen LogP contribution in [0.3, 0.4) is 0 Å². The number of carboxylic acids is 1. The molecule has 0 saturated carbocycles. The zero-order chi connectivity index (χ0) is 15.2. The molecular weight excluding hydrogens is 264 g/mol. The molecule has 1 saturated heterocycles. The van der Waals surface area contributed by atoms with Crippen molar-refractivity contribution in [2.75, 3.05) is 19.7 Å². The minimum atomic E-state index is -0.949. The van der Waals surface area contributed by atoms with E-state index in [1.165, 1.54) is 0 Å². The van der Waals surface area contributed by atoms with E-state index in [4.69, 9.17) is 14.6 Å². The van der Waals surface area contributed by atoms with Crippen LogP contribution >= 0.6 is 0 Å². The van der Waals surface area contributed by atoms with Gasteiger partial charge in [-0.15, -0.1) is 0 Å². The van der Waals surface area contributed by atoms with Crippen molar-refractivity contribution in [3.63, 3.8) is 0 Å². The molecule has 0 aromatic rings. The van der Waals surface area contributed by atoms with E-state index in [0.717, 1.165) is 0 Å². The summed E-state index contributed by atoms with van der Waals surface area (Å²) < 4.78 is 10.8. The Morgan fingerprint density at radius 2 is 2.05 bits per heavy atom. The number of urea groups is 1. The summed E-state index contributed by atoms with van der Waals surface area (Å²) in [5.74, 6) is -0.949. The largest absolute Gasteiger partial charge is 0.479 e. The van der Waals surface area contributed by atoms with Crippen LogP contribution < -0.4 is 10.6 Å². The predicted molar refractivity (Wildman–Crippen MR) is 72.6 cm³/mol. The molecular formula is C13H24N2O5. The summed E-state index contributed by atoms with van der Waals surface area (Å²) in [5.41, 5.74) is -0.412. The van der Waals surface area contributed by atoms with E-state index in [1.807, 2.05) is 20.8 Å². The van der Waals surface area contributed by atoms with Crippen LogP contribution in [0.4, 0.5) is 4.79 Å². The van der Waals surface area contributed by atoms with Crippen LogP contribution in [0.1, 0.15) is 33.6 Å². The third-order valence-electron chi connectivity index (χ3n) is 3.08. The molecule has 2 amide bonds. The monoisotopic (exact) mass is 288 g/mol. The fourth-order valence-corrected chi connectivity index (χ4v) is 2.04. The molecule has 2 unspecified atom stereocenters. The topological polar surface area (TPSA) is 96.9 Å². The van der Waals surface area contributed by atoms with Crippen molar-refractivity contribution in [1.29, 1.82) is 0 Å². The average Bonchev–Trinajstić information content (AvgIpc) is 2.83. The van der Waals surface area contributed by atoms with Crippen LogP contribution in [-0.2, 0) is 14.3 Å². The Bertz CT molecular complexity index is 346. The Labute approximate surface area is 119 Å². The second-order valence-electron chi connectivity index (χ2n) is 5.42. The minimum Gasteiger partial charge on any atom is -0.479 e. The van der Waals surface area contributed by atoms with Crippen LogP contribution in [0.2, 0.25) is 0 Å². The molecule has 7 heteroatoms. The van der Waals surface area contributed by atoms with Gasteiger partial charge in [0.05, 0.1) is 11.7 Å². The van der Waals surface area contributed by atoms with Crippen molar-refractivity contribution in [2.45, 2.75) is 51.4 Å². The Kier molecular flexibility index (Phi) is 6.22. The van der Waals surface area contributed by atoms with Gasteiger partial charge in [-0.2, -0.15) is 0 Å². The van der Waals surface area contributed by atoms with E-state index >= 15 is 0 Å². The molecule has 3 N–H and O–H groups in total.